The van der Waals surface area contributed by atoms with Gasteiger partial charge in [0, 0.05) is 30.0 Å². The van der Waals surface area contributed by atoms with Crippen molar-refractivity contribution in [1.29, 1.82) is 0 Å². The van der Waals surface area contributed by atoms with Gasteiger partial charge in [0.2, 0.25) is 0 Å². The molecule has 2 saturated heterocycles. The molecule has 2 heterocycles. The minimum atomic E-state index is 0.804. The first-order chi connectivity index (χ1) is 5.35. The first-order valence-electron chi connectivity index (χ1n) is 4.65. The molecule has 1 nitrogen and oxygen atoms in total. The van der Waals surface area contributed by atoms with Crippen LogP contribution in [-0.2, 0) is 0 Å². The molecule has 2 heteroatoms. The van der Waals surface area contributed by atoms with Crippen molar-refractivity contribution in [1.82, 2.24) is 4.90 Å². The second kappa shape index (κ2) is 2.98. The molecule has 0 aliphatic carbocycles. The highest BCUT2D eigenvalue weighted by molar-refractivity contribution is 8.00. The molecule has 2 rings (SSSR count). The predicted octanol–water partition coefficient (Wildman–Crippen LogP) is 1.84. The third-order valence-electron chi connectivity index (χ3n) is 2.76. The van der Waals surface area contributed by atoms with Crippen molar-refractivity contribution in [3.8, 4) is 0 Å². The zero-order valence-electron chi connectivity index (χ0n) is 7.31. The topological polar surface area (TPSA) is 3.24 Å². The number of nitrogens with zero attached hydrogens (tertiary/aromatic N) is 1. The van der Waals surface area contributed by atoms with E-state index in [2.05, 4.69) is 23.6 Å². The SMILES string of the molecule is CCCCN1CC2(CSC2)C1. The van der Waals surface area contributed by atoms with Crippen molar-refractivity contribution in [3.63, 3.8) is 0 Å². The summed E-state index contributed by atoms with van der Waals surface area (Å²) in [4.78, 5) is 2.61. The first-order valence-corrected chi connectivity index (χ1v) is 5.80. The number of hydrogen-bond donors (Lipinski definition) is 0. The number of hydrogen-bond acceptors (Lipinski definition) is 2. The normalized spacial score (nSPS) is 28.1. The Labute approximate surface area is 73.5 Å². The highest BCUT2D eigenvalue weighted by atomic mass is 32.2. The molecule has 0 radical (unpaired) electrons. The van der Waals surface area contributed by atoms with Gasteiger partial charge in [-0.1, -0.05) is 13.3 Å². The molecule has 0 N–H and O–H groups in total. The summed E-state index contributed by atoms with van der Waals surface area (Å²) in [6, 6.07) is 0. The number of rotatable bonds is 3. The molecule has 2 aliphatic heterocycles. The Morgan fingerprint density at radius 3 is 2.55 bits per heavy atom. The lowest BCUT2D eigenvalue weighted by atomic mass is 9.83. The Bertz CT molecular complexity index is 134. The van der Waals surface area contributed by atoms with E-state index in [4.69, 9.17) is 0 Å². The summed E-state index contributed by atoms with van der Waals surface area (Å²) in [5.41, 5.74) is 0.804. The predicted molar refractivity (Wildman–Crippen MR) is 51.1 cm³/mol. The average molecular weight is 171 g/mol. The molecule has 2 aliphatic rings. The van der Waals surface area contributed by atoms with Crippen LogP contribution in [0.25, 0.3) is 0 Å². The van der Waals surface area contributed by atoms with Crippen LogP contribution < -0.4 is 0 Å². The largest absolute Gasteiger partial charge is 0.302 e. The molecule has 11 heavy (non-hydrogen) atoms. The van der Waals surface area contributed by atoms with Gasteiger partial charge in [-0.3, -0.25) is 0 Å². The van der Waals surface area contributed by atoms with Crippen LogP contribution in [0, 0.1) is 5.41 Å². The molecule has 0 aromatic carbocycles. The second-order valence-corrected chi connectivity index (χ2v) is 5.04. The van der Waals surface area contributed by atoms with Gasteiger partial charge in [0.15, 0.2) is 0 Å². The molecule has 0 atom stereocenters. The molecule has 0 saturated carbocycles. The highest BCUT2D eigenvalue weighted by Gasteiger charge is 2.47. The van der Waals surface area contributed by atoms with Crippen LogP contribution in [-0.4, -0.2) is 36.0 Å². The van der Waals surface area contributed by atoms with Crippen molar-refractivity contribution >= 4 is 11.8 Å². The van der Waals surface area contributed by atoms with Gasteiger partial charge in [-0.05, 0) is 13.0 Å². The van der Waals surface area contributed by atoms with Gasteiger partial charge in [-0.2, -0.15) is 11.8 Å². The lowest BCUT2D eigenvalue weighted by molar-refractivity contribution is 0.0293. The standard InChI is InChI=1S/C9H17NS/c1-2-3-4-10-5-9(6-10)7-11-8-9/h2-8H2,1H3. The van der Waals surface area contributed by atoms with Gasteiger partial charge < -0.3 is 4.90 Å². The van der Waals surface area contributed by atoms with Gasteiger partial charge in [0.05, 0.1) is 0 Å². The van der Waals surface area contributed by atoms with E-state index in [0.29, 0.717) is 0 Å². The number of likely N-dealkylation sites (tertiary alicyclic amines) is 1. The van der Waals surface area contributed by atoms with E-state index in [1.807, 2.05) is 0 Å². The summed E-state index contributed by atoms with van der Waals surface area (Å²) in [7, 11) is 0. The molecule has 1 spiro atoms. The second-order valence-electron chi connectivity index (χ2n) is 4.06. The van der Waals surface area contributed by atoms with Crippen LogP contribution in [0.3, 0.4) is 0 Å². The molecular formula is C9H17NS. The molecule has 0 aromatic rings. The Hall–Kier alpha value is 0.310. The molecule has 0 bridgehead atoms. The van der Waals surface area contributed by atoms with Gasteiger partial charge in [0.25, 0.3) is 0 Å². The van der Waals surface area contributed by atoms with E-state index >= 15 is 0 Å². The molecule has 2 fully saturated rings. The van der Waals surface area contributed by atoms with Crippen molar-refractivity contribution in [2.24, 2.45) is 5.41 Å². The Kier molecular flexibility index (Phi) is 2.15. The quantitative estimate of drug-likeness (QED) is 0.637. The minimum absolute atomic E-state index is 0.804. The average Bonchev–Trinajstić information content (AvgIpc) is 1.81. The molecule has 0 aromatic heterocycles. The summed E-state index contributed by atoms with van der Waals surface area (Å²) in [5.74, 6) is 2.88. The van der Waals surface area contributed by atoms with Crippen LogP contribution in [0.2, 0.25) is 0 Å². The summed E-state index contributed by atoms with van der Waals surface area (Å²) in [6.45, 7) is 6.43. The summed E-state index contributed by atoms with van der Waals surface area (Å²) in [5, 5.41) is 0. The Morgan fingerprint density at radius 2 is 2.09 bits per heavy atom. The van der Waals surface area contributed by atoms with E-state index in [1.54, 1.807) is 0 Å². The van der Waals surface area contributed by atoms with E-state index in [9.17, 15) is 0 Å². The van der Waals surface area contributed by atoms with Crippen LogP contribution in [0.15, 0.2) is 0 Å². The van der Waals surface area contributed by atoms with Crippen LogP contribution in [0.5, 0.6) is 0 Å². The molecular weight excluding hydrogens is 154 g/mol. The van der Waals surface area contributed by atoms with E-state index in [1.165, 1.54) is 44.0 Å². The Morgan fingerprint density at radius 1 is 1.36 bits per heavy atom. The number of unbranched alkanes of at least 4 members (excludes halogenated alkanes) is 1. The fraction of sp³-hybridized carbons (Fsp3) is 1.00. The lowest BCUT2D eigenvalue weighted by Crippen LogP contribution is -2.62. The maximum atomic E-state index is 2.61. The van der Waals surface area contributed by atoms with Gasteiger partial charge >= 0.3 is 0 Å². The highest BCUT2D eigenvalue weighted by Crippen LogP contribution is 2.45. The molecule has 0 amide bonds. The van der Waals surface area contributed by atoms with Gasteiger partial charge in [-0.15, -0.1) is 0 Å². The van der Waals surface area contributed by atoms with Crippen molar-refractivity contribution in [3.05, 3.63) is 0 Å². The molecule has 64 valence electrons. The van der Waals surface area contributed by atoms with Crippen molar-refractivity contribution < 1.29 is 0 Å². The lowest BCUT2D eigenvalue weighted by Gasteiger charge is -2.55. The molecule has 0 unspecified atom stereocenters. The maximum Gasteiger partial charge on any atom is 0.0138 e. The monoisotopic (exact) mass is 171 g/mol. The first kappa shape index (κ1) is 7.93. The zero-order valence-corrected chi connectivity index (χ0v) is 8.12. The third-order valence-corrected chi connectivity index (χ3v) is 4.40. The van der Waals surface area contributed by atoms with E-state index in [-0.39, 0.29) is 0 Å². The van der Waals surface area contributed by atoms with Crippen LogP contribution >= 0.6 is 11.8 Å². The summed E-state index contributed by atoms with van der Waals surface area (Å²) in [6.07, 6.45) is 2.74. The zero-order chi connectivity index (χ0) is 7.73. The van der Waals surface area contributed by atoms with Crippen molar-refractivity contribution in [2.75, 3.05) is 31.1 Å². The minimum Gasteiger partial charge on any atom is -0.302 e. The van der Waals surface area contributed by atoms with Crippen LogP contribution in [0.1, 0.15) is 19.8 Å². The van der Waals surface area contributed by atoms with Crippen LogP contribution in [0.4, 0.5) is 0 Å². The summed E-state index contributed by atoms with van der Waals surface area (Å²) >= 11 is 2.12. The maximum absolute atomic E-state index is 2.61. The van der Waals surface area contributed by atoms with E-state index in [0.717, 1.165) is 5.41 Å². The van der Waals surface area contributed by atoms with Gasteiger partial charge in [-0.25, -0.2) is 0 Å². The Balaban J connectivity index is 1.63. The fourth-order valence-electron chi connectivity index (χ4n) is 2.02. The third kappa shape index (κ3) is 1.43. The van der Waals surface area contributed by atoms with Crippen molar-refractivity contribution in [2.45, 2.75) is 19.8 Å². The number of thioether (sulfide) groups is 1. The van der Waals surface area contributed by atoms with E-state index < -0.39 is 0 Å². The fourth-order valence-corrected chi connectivity index (χ4v) is 3.16. The van der Waals surface area contributed by atoms with Gasteiger partial charge in [0.1, 0.15) is 0 Å². The smallest absolute Gasteiger partial charge is 0.0138 e. The summed E-state index contributed by atoms with van der Waals surface area (Å²) < 4.78 is 0.